The van der Waals surface area contributed by atoms with E-state index in [2.05, 4.69) is 0 Å². The number of carboxylic acids is 1. The van der Waals surface area contributed by atoms with Gasteiger partial charge in [-0.1, -0.05) is 6.08 Å². The minimum Gasteiger partial charge on any atom is -0.481 e. The van der Waals surface area contributed by atoms with E-state index in [0.717, 1.165) is 23.1 Å². The lowest BCUT2D eigenvalue weighted by atomic mass is 9.86. The number of carboxylic acid groups (broad SMARTS) is 1. The minimum absolute atomic E-state index is 0.267. The van der Waals surface area contributed by atoms with Crippen LogP contribution in [0, 0.1) is 19.8 Å². The van der Waals surface area contributed by atoms with Gasteiger partial charge in [0.15, 0.2) is 0 Å². The number of hydrogen-bond acceptors (Lipinski definition) is 3. The molecule has 0 radical (unpaired) electrons. The predicted octanol–water partition coefficient (Wildman–Crippen LogP) is 3.50. The summed E-state index contributed by atoms with van der Waals surface area (Å²) in [7, 11) is 0. The lowest BCUT2D eigenvalue weighted by Gasteiger charge is -2.20. The van der Waals surface area contributed by atoms with Gasteiger partial charge >= 0.3 is 11.9 Å². The van der Waals surface area contributed by atoms with Crippen LogP contribution in [0.25, 0.3) is 5.57 Å². The van der Waals surface area contributed by atoms with Gasteiger partial charge in [-0.2, -0.15) is 0 Å². The number of ether oxygens (including phenoxy) is 1. The number of carbonyl (C=O) groups excluding carboxylic acids is 1. The first kappa shape index (κ1) is 15.3. The van der Waals surface area contributed by atoms with Gasteiger partial charge in [0.2, 0.25) is 0 Å². The Kier molecular flexibility index (Phi) is 4.46. The molecule has 2 rings (SSSR count). The zero-order valence-corrected chi connectivity index (χ0v) is 12.6. The molecule has 0 aliphatic heterocycles. The Morgan fingerprint density at radius 3 is 2.29 bits per heavy atom. The smallest absolute Gasteiger partial charge is 0.308 e. The maximum atomic E-state index is 11.1. The van der Waals surface area contributed by atoms with E-state index >= 15 is 0 Å². The molecule has 1 N–H and O–H groups in total. The van der Waals surface area contributed by atoms with Crippen molar-refractivity contribution in [1.82, 2.24) is 0 Å². The predicted molar refractivity (Wildman–Crippen MR) is 80.2 cm³/mol. The van der Waals surface area contributed by atoms with Gasteiger partial charge < -0.3 is 9.84 Å². The quantitative estimate of drug-likeness (QED) is 0.683. The number of benzene rings is 1. The van der Waals surface area contributed by atoms with Gasteiger partial charge in [-0.3, -0.25) is 9.59 Å². The Hall–Kier alpha value is -2.10. The van der Waals surface area contributed by atoms with Crippen LogP contribution in [-0.4, -0.2) is 17.0 Å². The highest BCUT2D eigenvalue weighted by molar-refractivity contribution is 5.75. The van der Waals surface area contributed by atoms with Crippen LogP contribution in [0.4, 0.5) is 0 Å². The number of aliphatic carboxylic acids is 1. The summed E-state index contributed by atoms with van der Waals surface area (Å²) in [5.41, 5.74) is 4.10. The van der Waals surface area contributed by atoms with Crippen molar-refractivity contribution >= 4 is 17.5 Å². The molecule has 0 bridgehead atoms. The minimum atomic E-state index is -0.720. The van der Waals surface area contributed by atoms with Crippen molar-refractivity contribution in [2.45, 2.75) is 40.0 Å². The topological polar surface area (TPSA) is 63.6 Å². The van der Waals surface area contributed by atoms with Gasteiger partial charge in [-0.25, -0.2) is 0 Å². The molecule has 0 saturated carbocycles. The molecular formula is C17H20O4. The number of carbonyl (C=O) groups is 2. The third kappa shape index (κ3) is 3.51. The second kappa shape index (κ2) is 6.12. The molecule has 1 aliphatic rings. The first-order valence-electron chi connectivity index (χ1n) is 7.10. The lowest BCUT2D eigenvalue weighted by Crippen LogP contribution is -2.15. The van der Waals surface area contributed by atoms with E-state index in [1.54, 1.807) is 0 Å². The lowest BCUT2D eigenvalue weighted by molar-refractivity contribution is -0.141. The van der Waals surface area contributed by atoms with Crippen LogP contribution in [0.2, 0.25) is 0 Å². The molecule has 4 nitrogen and oxygen atoms in total. The van der Waals surface area contributed by atoms with Crippen molar-refractivity contribution in [1.29, 1.82) is 0 Å². The maximum absolute atomic E-state index is 11.1. The fourth-order valence-electron chi connectivity index (χ4n) is 2.76. The average Bonchev–Trinajstić information content (AvgIpc) is 2.42. The van der Waals surface area contributed by atoms with Crippen molar-refractivity contribution in [2.75, 3.05) is 0 Å². The first-order chi connectivity index (χ1) is 9.88. The van der Waals surface area contributed by atoms with Crippen molar-refractivity contribution < 1.29 is 19.4 Å². The molecule has 4 heteroatoms. The van der Waals surface area contributed by atoms with Gasteiger partial charge in [-0.05, 0) is 67.5 Å². The molecule has 1 aliphatic carbocycles. The second-order valence-electron chi connectivity index (χ2n) is 5.57. The summed E-state index contributed by atoms with van der Waals surface area (Å²) in [6, 6.07) is 4.00. The molecule has 21 heavy (non-hydrogen) atoms. The molecule has 1 unspecified atom stereocenters. The monoisotopic (exact) mass is 288 g/mol. The largest absolute Gasteiger partial charge is 0.481 e. The molecule has 0 fully saturated rings. The molecule has 0 aromatic heterocycles. The van der Waals surface area contributed by atoms with Crippen LogP contribution < -0.4 is 4.74 Å². The molecule has 0 spiro atoms. The number of hydrogen-bond donors (Lipinski definition) is 1. The van der Waals surface area contributed by atoms with Gasteiger partial charge in [0.1, 0.15) is 5.75 Å². The molecule has 1 aromatic rings. The van der Waals surface area contributed by atoms with Crippen LogP contribution in [0.15, 0.2) is 18.2 Å². The summed E-state index contributed by atoms with van der Waals surface area (Å²) in [5, 5.41) is 9.03. The summed E-state index contributed by atoms with van der Waals surface area (Å²) in [5.74, 6) is -0.694. The van der Waals surface area contributed by atoms with Crippen molar-refractivity contribution in [3.63, 3.8) is 0 Å². The summed E-state index contributed by atoms with van der Waals surface area (Å²) in [4.78, 5) is 22.1. The maximum Gasteiger partial charge on any atom is 0.308 e. The van der Waals surface area contributed by atoms with E-state index in [0.29, 0.717) is 18.6 Å². The Labute approximate surface area is 124 Å². The number of aryl methyl sites for hydroxylation is 2. The summed E-state index contributed by atoms with van der Waals surface area (Å²) < 4.78 is 5.23. The van der Waals surface area contributed by atoms with E-state index in [1.165, 1.54) is 12.5 Å². The van der Waals surface area contributed by atoms with Crippen LogP contribution in [0.3, 0.4) is 0 Å². The molecule has 1 aromatic carbocycles. The highest BCUT2D eigenvalue weighted by Crippen LogP contribution is 2.34. The van der Waals surface area contributed by atoms with E-state index in [-0.39, 0.29) is 11.9 Å². The SMILES string of the molecule is CC(=O)Oc1c(C)cc(C2=CCC(C(=O)O)CC2)cc1C. The van der Waals surface area contributed by atoms with Crippen molar-refractivity contribution in [3.8, 4) is 5.75 Å². The summed E-state index contributed by atoms with van der Waals surface area (Å²) in [6.07, 6.45) is 4.03. The number of allylic oxidation sites excluding steroid dienone is 2. The van der Waals surface area contributed by atoms with Gasteiger partial charge in [0, 0.05) is 6.92 Å². The average molecular weight is 288 g/mol. The van der Waals surface area contributed by atoms with E-state index < -0.39 is 5.97 Å². The Bertz CT molecular complexity index is 590. The highest BCUT2D eigenvalue weighted by atomic mass is 16.5. The zero-order chi connectivity index (χ0) is 15.6. The van der Waals surface area contributed by atoms with Crippen molar-refractivity contribution in [3.05, 3.63) is 34.9 Å². The van der Waals surface area contributed by atoms with Crippen LogP contribution in [0.5, 0.6) is 5.75 Å². The van der Waals surface area contributed by atoms with Crippen LogP contribution in [-0.2, 0) is 9.59 Å². The highest BCUT2D eigenvalue weighted by Gasteiger charge is 2.21. The molecular weight excluding hydrogens is 268 g/mol. The normalized spacial score (nSPS) is 18.0. The molecule has 112 valence electrons. The van der Waals surface area contributed by atoms with Gasteiger partial charge in [0.25, 0.3) is 0 Å². The molecule has 0 saturated heterocycles. The fourth-order valence-corrected chi connectivity index (χ4v) is 2.76. The molecule has 1 atom stereocenters. The molecule has 0 heterocycles. The number of esters is 1. The Balaban J connectivity index is 2.26. The number of rotatable bonds is 3. The van der Waals surface area contributed by atoms with Crippen LogP contribution >= 0.6 is 0 Å². The molecule has 0 amide bonds. The summed E-state index contributed by atoms with van der Waals surface area (Å²) >= 11 is 0. The first-order valence-corrected chi connectivity index (χ1v) is 7.10. The summed E-state index contributed by atoms with van der Waals surface area (Å²) in [6.45, 7) is 5.22. The van der Waals surface area contributed by atoms with Crippen molar-refractivity contribution in [2.24, 2.45) is 5.92 Å². The Morgan fingerprint density at radius 1 is 1.24 bits per heavy atom. The van der Waals surface area contributed by atoms with E-state index in [4.69, 9.17) is 9.84 Å². The zero-order valence-electron chi connectivity index (χ0n) is 12.6. The van der Waals surface area contributed by atoms with Crippen LogP contribution in [0.1, 0.15) is 42.9 Å². The third-order valence-electron chi connectivity index (χ3n) is 3.84. The van der Waals surface area contributed by atoms with Gasteiger partial charge in [0.05, 0.1) is 5.92 Å². The fraction of sp³-hybridized carbons (Fsp3) is 0.412. The van der Waals surface area contributed by atoms with E-state index in [9.17, 15) is 9.59 Å². The standard InChI is InChI=1S/C17H20O4/c1-10-8-15(9-11(2)16(10)21-12(3)18)13-4-6-14(7-5-13)17(19)20/h4,8-9,14H,5-7H2,1-3H3,(H,19,20). The third-order valence-corrected chi connectivity index (χ3v) is 3.84. The van der Waals surface area contributed by atoms with Gasteiger partial charge in [-0.15, -0.1) is 0 Å². The Morgan fingerprint density at radius 2 is 1.86 bits per heavy atom. The second-order valence-corrected chi connectivity index (χ2v) is 5.57. The van der Waals surface area contributed by atoms with E-state index in [1.807, 2.05) is 32.1 Å².